The fraction of sp³-hybridized carbons (Fsp3) is 0.0741. The molecule has 4 rings (SSSR count). The number of carbonyl (C=O) groups is 1. The van der Waals surface area contributed by atoms with E-state index in [9.17, 15) is 9.90 Å². The summed E-state index contributed by atoms with van der Waals surface area (Å²) in [6, 6.07) is 29.3. The maximum absolute atomic E-state index is 13.6. The predicted molar refractivity (Wildman–Crippen MR) is 153 cm³/mol. The molecule has 0 amide bonds. The number of ether oxygens (including phenoxy) is 1. The Bertz CT molecular complexity index is 1280. The van der Waals surface area contributed by atoms with Gasteiger partial charge in [0.2, 0.25) is 0 Å². The molecule has 0 aliphatic heterocycles. The number of aromatic hydroxyl groups is 1. The first-order valence-electron chi connectivity index (χ1n) is 10.6. The Hall–Kier alpha value is -1.71. The van der Waals surface area contributed by atoms with E-state index in [0.717, 1.165) is 22.8 Å². The van der Waals surface area contributed by atoms with Crippen molar-refractivity contribution in [1.82, 2.24) is 0 Å². The van der Waals surface area contributed by atoms with E-state index in [-0.39, 0.29) is 43.9 Å². The van der Waals surface area contributed by atoms with Crippen LogP contribution in [0.4, 0.5) is 0 Å². The minimum atomic E-state index is -0.633. The van der Waals surface area contributed by atoms with Crippen LogP contribution >= 0.6 is 43.5 Å². The normalized spacial score (nSPS) is 11.3. The zero-order valence-corrected chi connectivity index (χ0v) is 27.1. The van der Waals surface area contributed by atoms with Gasteiger partial charge in [-0.2, -0.15) is 0 Å². The number of ketones is 1. The van der Waals surface area contributed by atoms with Crippen LogP contribution in [0.3, 0.4) is 0 Å². The summed E-state index contributed by atoms with van der Waals surface area (Å²) in [7, 11) is 2.41. The summed E-state index contributed by atoms with van der Waals surface area (Å²) in [4.78, 5) is 14.0. The van der Waals surface area contributed by atoms with E-state index in [2.05, 4.69) is 8.44 Å². The fourth-order valence-electron chi connectivity index (χ4n) is 3.39. The summed E-state index contributed by atoms with van der Waals surface area (Å²) in [5.74, 6) is 0.959. The van der Waals surface area contributed by atoms with E-state index in [0.29, 0.717) is 28.6 Å². The molecule has 0 fully saturated rings. The number of phenolic OH excluding ortho intramolecular Hbond substituents is 1. The van der Waals surface area contributed by atoms with Crippen molar-refractivity contribution in [1.29, 1.82) is 0 Å². The van der Waals surface area contributed by atoms with Gasteiger partial charge in [0.15, 0.2) is 5.78 Å². The van der Waals surface area contributed by atoms with E-state index < -0.39 is 5.25 Å². The van der Waals surface area contributed by atoms with E-state index in [1.807, 2.05) is 60.7 Å². The number of hydrogen-bond donors (Lipinski definition) is 1. The Morgan fingerprint density at radius 1 is 0.917 bits per heavy atom. The molecule has 9 heteroatoms. The van der Waals surface area contributed by atoms with Crippen LogP contribution in [0, 0.1) is 0 Å². The van der Waals surface area contributed by atoms with E-state index in [4.69, 9.17) is 20.5 Å². The van der Waals surface area contributed by atoms with Crippen LogP contribution < -0.4 is 8.92 Å². The molecule has 4 aromatic carbocycles. The first-order chi connectivity index (χ1) is 17.1. The number of thioether (sulfide) groups is 1. The molecule has 0 aliphatic rings. The number of halogens is 1. The van der Waals surface area contributed by atoms with Crippen molar-refractivity contribution in [2.45, 2.75) is 16.8 Å². The number of phenols is 1. The van der Waals surface area contributed by atoms with Crippen molar-refractivity contribution in [3.63, 3.8) is 0 Å². The van der Waals surface area contributed by atoms with Gasteiger partial charge < -0.3 is 14.0 Å². The largest absolute Gasteiger partial charge is 0.507 e. The number of benzene rings is 4. The summed E-state index contributed by atoms with van der Waals surface area (Å²) in [6.45, 7) is 0.333. The van der Waals surface area contributed by atoms with Gasteiger partial charge in [-0.05, 0) is 56.0 Å². The Morgan fingerprint density at radius 2 is 1.56 bits per heavy atom. The zero-order chi connectivity index (χ0) is 24.6. The average molecular weight is 745 g/mol. The van der Waals surface area contributed by atoms with Crippen LogP contribution in [0.5, 0.6) is 17.2 Å². The third-order valence-electron chi connectivity index (χ3n) is 5.14. The van der Waals surface area contributed by atoms with Gasteiger partial charge >= 0.3 is 0 Å². The Kier molecular flexibility index (Phi) is 11.5. The molecule has 1 N–H and O–H groups in total. The summed E-state index contributed by atoms with van der Waals surface area (Å²) < 4.78 is 11.3. The summed E-state index contributed by atoms with van der Waals surface area (Å²) in [5.41, 5.74) is 2.32. The minimum Gasteiger partial charge on any atom is -0.507 e. The molecule has 0 heterocycles. The standard InChI is InChI=1S/C27H22ClO4PS2.Tl/c28-24-23(31-17-18-7-3-1-4-8-18)16-15-22(29)27(24)34-26(20-9-5-2-6-10-20)25(30)19-11-13-21(14-12-19)32-35-33;/h1-16,26,29H,17,33H2;. The van der Waals surface area contributed by atoms with E-state index in [1.165, 1.54) is 17.8 Å². The van der Waals surface area contributed by atoms with Gasteiger partial charge in [-0.25, -0.2) is 0 Å². The summed E-state index contributed by atoms with van der Waals surface area (Å²) >= 11 is 9.03. The second-order valence-corrected chi connectivity index (χ2v) is 9.91. The Morgan fingerprint density at radius 3 is 2.19 bits per heavy atom. The predicted octanol–water partition coefficient (Wildman–Crippen LogP) is 7.78. The summed E-state index contributed by atoms with van der Waals surface area (Å²) in [6.07, 6.45) is 0. The van der Waals surface area contributed by atoms with Crippen LogP contribution in [-0.2, 0) is 6.61 Å². The topological polar surface area (TPSA) is 55.8 Å². The quantitative estimate of drug-likeness (QED) is 0.0589. The molecule has 36 heavy (non-hydrogen) atoms. The van der Waals surface area contributed by atoms with Crippen molar-refractivity contribution < 1.29 is 18.8 Å². The molecular weight excluding hydrogens is 723 g/mol. The second-order valence-electron chi connectivity index (χ2n) is 7.48. The summed E-state index contributed by atoms with van der Waals surface area (Å²) in [5, 5.41) is 10.3. The molecule has 181 valence electrons. The molecule has 4 nitrogen and oxygen atoms in total. The molecule has 0 aromatic heterocycles. The molecule has 0 saturated heterocycles. The number of carbonyl (C=O) groups excluding carboxylic acids is 1. The minimum absolute atomic E-state index is 0. The van der Waals surface area contributed by atoms with Crippen LogP contribution in [0.2, 0.25) is 5.02 Å². The molecule has 2 unspecified atom stereocenters. The van der Waals surface area contributed by atoms with Crippen molar-refractivity contribution in [3.8, 4) is 17.2 Å². The molecule has 2 atom stereocenters. The smallest absolute Gasteiger partial charge is 0.180 e. The molecule has 0 spiro atoms. The zero-order valence-electron chi connectivity index (χ0n) is 19.0. The van der Waals surface area contributed by atoms with Gasteiger partial charge in [0.05, 0.1) is 26.8 Å². The Labute approximate surface area is 246 Å². The maximum atomic E-state index is 13.6. The van der Waals surface area contributed by atoms with Gasteiger partial charge in [-0.3, -0.25) is 4.79 Å². The molecule has 1 radical (unpaired) electrons. The van der Waals surface area contributed by atoms with Gasteiger partial charge in [-0.1, -0.05) is 72.3 Å². The third-order valence-corrected chi connectivity index (χ3v) is 7.57. The number of hydrogen-bond acceptors (Lipinski definition) is 6. The Balaban J connectivity index is 0.00000361. The van der Waals surface area contributed by atoms with Crippen LogP contribution in [0.15, 0.2) is 102 Å². The van der Waals surface area contributed by atoms with Gasteiger partial charge in [0, 0.05) is 32.9 Å². The van der Waals surface area contributed by atoms with E-state index in [1.54, 1.807) is 30.3 Å². The van der Waals surface area contributed by atoms with Crippen molar-refractivity contribution in [2.24, 2.45) is 0 Å². The van der Waals surface area contributed by atoms with Crippen LogP contribution in [0.25, 0.3) is 0 Å². The van der Waals surface area contributed by atoms with Gasteiger partial charge in [0.1, 0.15) is 23.9 Å². The SMILES string of the molecule is O=C(c1ccc(OSP)cc1)C(Sc1c(O)ccc(OCc2ccccc2)c1Cl)c1ccccc1.[Tl]. The first kappa shape index (κ1) is 28.9. The monoisotopic (exact) mass is 745 g/mol. The molecule has 4 aromatic rings. The molecular formula is C27H22ClO4PS2Tl. The van der Waals surface area contributed by atoms with Crippen molar-refractivity contribution in [3.05, 3.63) is 119 Å². The maximum Gasteiger partial charge on any atom is 0.180 e. The van der Waals surface area contributed by atoms with Crippen LogP contribution in [-0.4, -0.2) is 38.2 Å². The van der Waals surface area contributed by atoms with Gasteiger partial charge in [-0.15, -0.1) is 11.8 Å². The van der Waals surface area contributed by atoms with Crippen molar-refractivity contribution >= 4 is 76.5 Å². The molecule has 0 bridgehead atoms. The molecule has 0 aliphatic carbocycles. The first-order valence-corrected chi connectivity index (χ1v) is 14.1. The fourth-order valence-corrected chi connectivity index (χ4v) is 5.46. The number of rotatable bonds is 10. The third kappa shape index (κ3) is 7.42. The van der Waals surface area contributed by atoms with Gasteiger partial charge in [0.25, 0.3) is 0 Å². The average Bonchev–Trinajstić information content (AvgIpc) is 2.90. The second kappa shape index (κ2) is 14.3. The van der Waals surface area contributed by atoms with Crippen molar-refractivity contribution in [2.75, 3.05) is 0 Å². The number of Topliss-reactive ketones (excluding diaryl/α,β-unsaturated/α-hetero) is 1. The molecule has 0 saturated carbocycles. The van der Waals surface area contributed by atoms with E-state index >= 15 is 0 Å². The van der Waals surface area contributed by atoms with Crippen LogP contribution in [0.1, 0.15) is 26.7 Å².